The molecule has 1 aromatic heterocycles. The van der Waals surface area contributed by atoms with Crippen LogP contribution < -0.4 is 10.0 Å². The highest BCUT2D eigenvalue weighted by molar-refractivity contribution is 7.98. The number of aryl methyl sites for hydroxylation is 2. The van der Waals surface area contributed by atoms with Crippen molar-refractivity contribution in [3.8, 4) is 0 Å². The number of thioether (sulfide) groups is 1. The summed E-state index contributed by atoms with van der Waals surface area (Å²) in [6, 6.07) is 4.86. The van der Waals surface area contributed by atoms with Crippen molar-refractivity contribution in [2.24, 2.45) is 0 Å². The van der Waals surface area contributed by atoms with Crippen molar-refractivity contribution in [3.63, 3.8) is 0 Å². The lowest BCUT2D eigenvalue weighted by molar-refractivity contribution is -0.115. The predicted molar refractivity (Wildman–Crippen MR) is 104 cm³/mol. The van der Waals surface area contributed by atoms with Crippen molar-refractivity contribution < 1.29 is 13.2 Å². The number of aromatic nitrogens is 1. The Bertz CT molecular complexity index is 847. The number of sulfonamides is 1. The van der Waals surface area contributed by atoms with Crippen LogP contribution in [0.25, 0.3) is 0 Å². The van der Waals surface area contributed by atoms with Gasteiger partial charge in [0.15, 0.2) is 0 Å². The lowest BCUT2D eigenvalue weighted by Gasteiger charge is -2.10. The van der Waals surface area contributed by atoms with Crippen molar-refractivity contribution in [2.45, 2.75) is 30.9 Å². The number of carbonyl (C=O) groups is 1. The Labute approximate surface area is 156 Å². The lowest BCUT2D eigenvalue weighted by Crippen LogP contribution is -2.20. The van der Waals surface area contributed by atoms with Crippen LogP contribution in [0.15, 0.2) is 28.5 Å². The summed E-state index contributed by atoms with van der Waals surface area (Å²) in [4.78, 5) is 16.6. The van der Waals surface area contributed by atoms with Crippen molar-refractivity contribution in [3.05, 3.63) is 39.8 Å². The zero-order valence-corrected chi connectivity index (χ0v) is 16.8. The first-order valence-electron chi connectivity index (χ1n) is 7.64. The number of rotatable bonds is 8. The van der Waals surface area contributed by atoms with E-state index >= 15 is 0 Å². The molecule has 2 aromatic rings. The third kappa shape index (κ3) is 5.81. The summed E-state index contributed by atoms with van der Waals surface area (Å²) in [6.07, 6.45) is 0.357. The SMILES string of the molecule is CNS(=O)(=O)c1cc(NC(=O)CCSCc2csc(C)n2)ccc1C. The van der Waals surface area contributed by atoms with E-state index in [1.165, 1.54) is 13.1 Å². The maximum atomic E-state index is 12.0. The van der Waals surface area contributed by atoms with Gasteiger partial charge in [0.1, 0.15) is 0 Å². The first kappa shape index (κ1) is 19.9. The number of nitrogens with one attached hydrogen (secondary N) is 2. The molecule has 0 saturated carbocycles. The third-order valence-electron chi connectivity index (χ3n) is 3.42. The first-order valence-corrected chi connectivity index (χ1v) is 11.2. The molecule has 0 radical (unpaired) electrons. The lowest BCUT2D eigenvalue weighted by atomic mass is 10.2. The highest BCUT2D eigenvalue weighted by atomic mass is 32.2. The zero-order chi connectivity index (χ0) is 18.4. The van der Waals surface area contributed by atoms with Gasteiger partial charge in [-0.15, -0.1) is 11.3 Å². The van der Waals surface area contributed by atoms with Gasteiger partial charge in [-0.05, 0) is 38.6 Å². The van der Waals surface area contributed by atoms with E-state index in [4.69, 9.17) is 0 Å². The summed E-state index contributed by atoms with van der Waals surface area (Å²) in [6.45, 7) is 3.68. The molecule has 2 rings (SSSR count). The van der Waals surface area contributed by atoms with Gasteiger partial charge in [-0.2, -0.15) is 11.8 Å². The molecule has 1 heterocycles. The molecule has 25 heavy (non-hydrogen) atoms. The number of anilines is 1. The van der Waals surface area contributed by atoms with Gasteiger partial charge in [-0.1, -0.05) is 6.07 Å². The van der Waals surface area contributed by atoms with Crippen LogP contribution in [0.2, 0.25) is 0 Å². The fourth-order valence-corrected chi connectivity index (χ4v) is 4.66. The van der Waals surface area contributed by atoms with Crippen LogP contribution in [-0.4, -0.2) is 32.1 Å². The molecule has 6 nitrogen and oxygen atoms in total. The Hall–Kier alpha value is -1.42. The van der Waals surface area contributed by atoms with Gasteiger partial charge in [0, 0.05) is 29.0 Å². The second-order valence-corrected chi connectivity index (χ2v) is 9.42. The summed E-state index contributed by atoms with van der Waals surface area (Å²) in [7, 11) is -2.19. The molecule has 1 aromatic carbocycles. The second kappa shape index (κ2) is 8.79. The highest BCUT2D eigenvalue weighted by Gasteiger charge is 2.15. The Balaban J connectivity index is 1.87. The average molecular weight is 400 g/mol. The van der Waals surface area contributed by atoms with Crippen LogP contribution in [-0.2, 0) is 20.6 Å². The molecule has 136 valence electrons. The number of hydrogen-bond donors (Lipinski definition) is 2. The molecular weight excluding hydrogens is 378 g/mol. The normalized spacial score (nSPS) is 11.5. The Kier molecular flexibility index (Phi) is 7.00. The van der Waals surface area contributed by atoms with Crippen molar-refractivity contribution >= 4 is 44.7 Å². The van der Waals surface area contributed by atoms with Gasteiger partial charge in [0.05, 0.1) is 15.6 Å². The van der Waals surface area contributed by atoms with E-state index in [-0.39, 0.29) is 10.8 Å². The van der Waals surface area contributed by atoms with Gasteiger partial charge >= 0.3 is 0 Å². The van der Waals surface area contributed by atoms with Crippen LogP contribution in [0.5, 0.6) is 0 Å². The van der Waals surface area contributed by atoms with Crippen LogP contribution in [0.3, 0.4) is 0 Å². The average Bonchev–Trinajstić information content (AvgIpc) is 2.98. The molecule has 0 saturated heterocycles. The van der Waals surface area contributed by atoms with Crippen LogP contribution in [0, 0.1) is 13.8 Å². The molecule has 0 fully saturated rings. The van der Waals surface area contributed by atoms with Gasteiger partial charge < -0.3 is 5.32 Å². The van der Waals surface area contributed by atoms with Gasteiger partial charge in [0.25, 0.3) is 0 Å². The number of hydrogen-bond acceptors (Lipinski definition) is 6. The van der Waals surface area contributed by atoms with E-state index in [1.807, 2.05) is 12.3 Å². The largest absolute Gasteiger partial charge is 0.326 e. The molecule has 0 aliphatic rings. The minimum absolute atomic E-state index is 0.140. The molecule has 0 spiro atoms. The molecule has 0 aliphatic carbocycles. The van der Waals surface area contributed by atoms with E-state index in [2.05, 4.69) is 15.0 Å². The quantitative estimate of drug-likeness (QED) is 0.666. The van der Waals surface area contributed by atoms with Crippen LogP contribution >= 0.6 is 23.1 Å². The van der Waals surface area contributed by atoms with Gasteiger partial charge in [-0.3, -0.25) is 4.79 Å². The summed E-state index contributed by atoms with van der Waals surface area (Å²) in [5.74, 6) is 1.32. The number of amides is 1. The molecule has 9 heteroatoms. The van der Waals surface area contributed by atoms with Crippen molar-refractivity contribution in [1.82, 2.24) is 9.71 Å². The zero-order valence-electron chi connectivity index (χ0n) is 14.3. The molecule has 0 unspecified atom stereocenters. The van der Waals surface area contributed by atoms with E-state index in [1.54, 1.807) is 42.2 Å². The molecule has 0 aliphatic heterocycles. The third-order valence-corrected chi connectivity index (χ3v) is 6.79. The molecule has 0 bridgehead atoms. The summed E-state index contributed by atoms with van der Waals surface area (Å²) < 4.78 is 26.2. The maximum absolute atomic E-state index is 12.0. The van der Waals surface area contributed by atoms with E-state index in [0.29, 0.717) is 23.4 Å². The first-order chi connectivity index (χ1) is 11.8. The van der Waals surface area contributed by atoms with Crippen molar-refractivity contribution in [2.75, 3.05) is 18.1 Å². The van der Waals surface area contributed by atoms with Gasteiger partial charge in [0.2, 0.25) is 15.9 Å². The molecule has 1 amide bonds. The summed E-state index contributed by atoms with van der Waals surface area (Å²) >= 11 is 3.27. The Morgan fingerprint density at radius 2 is 2.08 bits per heavy atom. The van der Waals surface area contributed by atoms with Crippen LogP contribution in [0.1, 0.15) is 22.7 Å². The number of thiazole rings is 1. The number of nitrogens with zero attached hydrogens (tertiary/aromatic N) is 1. The van der Waals surface area contributed by atoms with Crippen LogP contribution in [0.4, 0.5) is 5.69 Å². The predicted octanol–water partition coefficient (Wildman–Crippen LogP) is 2.93. The van der Waals surface area contributed by atoms with Crippen molar-refractivity contribution in [1.29, 1.82) is 0 Å². The number of carbonyl (C=O) groups excluding carboxylic acids is 1. The minimum atomic E-state index is -3.55. The van der Waals surface area contributed by atoms with E-state index in [9.17, 15) is 13.2 Å². The number of benzene rings is 1. The molecule has 2 N–H and O–H groups in total. The summed E-state index contributed by atoms with van der Waals surface area (Å²) in [5, 5.41) is 5.82. The monoisotopic (exact) mass is 399 g/mol. The van der Waals surface area contributed by atoms with E-state index in [0.717, 1.165) is 16.5 Å². The Morgan fingerprint density at radius 3 is 2.72 bits per heavy atom. The van der Waals surface area contributed by atoms with Gasteiger partial charge in [-0.25, -0.2) is 18.1 Å². The Morgan fingerprint density at radius 1 is 1.32 bits per heavy atom. The fraction of sp³-hybridized carbons (Fsp3) is 0.375. The molecule has 0 atom stereocenters. The standard InChI is InChI=1S/C16H21N3O3S3/c1-11-4-5-13(8-15(11)25(21,22)17-3)19-16(20)6-7-23-9-14-10-24-12(2)18-14/h4-5,8,10,17H,6-7,9H2,1-3H3,(H,19,20). The second-order valence-electron chi connectivity index (χ2n) is 5.40. The smallest absolute Gasteiger partial charge is 0.240 e. The minimum Gasteiger partial charge on any atom is -0.326 e. The summed E-state index contributed by atoms with van der Waals surface area (Å²) in [5.41, 5.74) is 2.14. The topological polar surface area (TPSA) is 88.2 Å². The fourth-order valence-electron chi connectivity index (χ4n) is 2.12. The van der Waals surface area contributed by atoms with E-state index < -0.39 is 10.0 Å². The molecular formula is C16H21N3O3S3. The maximum Gasteiger partial charge on any atom is 0.240 e. The highest BCUT2D eigenvalue weighted by Crippen LogP contribution is 2.20.